The van der Waals surface area contributed by atoms with E-state index in [1.54, 1.807) is 12.1 Å². The Morgan fingerprint density at radius 2 is 1.88 bits per heavy atom. The lowest BCUT2D eigenvalue weighted by Crippen LogP contribution is -2.37. The molecule has 0 bridgehead atoms. The van der Waals surface area contributed by atoms with Crippen molar-refractivity contribution in [1.29, 1.82) is 0 Å². The number of carbonyl (C=O) groups excluding carboxylic acids is 1. The van der Waals surface area contributed by atoms with Crippen molar-refractivity contribution >= 4 is 17.5 Å². The molecule has 0 heterocycles. The van der Waals surface area contributed by atoms with Gasteiger partial charge in [-0.2, -0.15) is 0 Å². The van der Waals surface area contributed by atoms with Crippen LogP contribution in [0.25, 0.3) is 0 Å². The summed E-state index contributed by atoms with van der Waals surface area (Å²) in [4.78, 5) is 12.4. The minimum absolute atomic E-state index is 0.110. The van der Waals surface area contributed by atoms with E-state index in [0.717, 1.165) is 11.3 Å². The van der Waals surface area contributed by atoms with Gasteiger partial charge in [-0.25, -0.2) is 0 Å². The number of para-hydroxylation sites is 1. The lowest BCUT2D eigenvalue weighted by Gasteiger charge is -2.18. The van der Waals surface area contributed by atoms with Gasteiger partial charge in [-0.3, -0.25) is 4.79 Å². The second kappa shape index (κ2) is 9.33. The molecule has 2 aromatic carbocycles. The molecule has 0 aliphatic heterocycles. The molecular weight excluding hydrogens is 338 g/mol. The Balaban J connectivity index is 1.95. The fourth-order valence-electron chi connectivity index (χ4n) is 2.32. The van der Waals surface area contributed by atoms with Crippen molar-refractivity contribution in [2.75, 3.05) is 0 Å². The van der Waals surface area contributed by atoms with Crippen LogP contribution in [0.1, 0.15) is 32.8 Å². The smallest absolute Gasteiger partial charge is 0.261 e. The van der Waals surface area contributed by atoms with E-state index in [-0.39, 0.29) is 12.0 Å². The number of carbonyl (C=O) groups is 1. The molecule has 0 unspecified atom stereocenters. The van der Waals surface area contributed by atoms with Gasteiger partial charge in [-0.15, -0.1) is 0 Å². The molecule has 5 heteroatoms. The zero-order valence-electron chi connectivity index (χ0n) is 14.8. The summed E-state index contributed by atoms with van der Waals surface area (Å²) in [6.45, 7) is 6.27. The fraction of sp³-hybridized carbons (Fsp3) is 0.350. The standard InChI is InChI=1S/C20H24ClNO3/c1-4-18(25-19-11-6-5-10-17(19)21)20(23)22-13-15-8-7-9-16(12-15)24-14(2)3/h5-12,14,18H,4,13H2,1-3H3,(H,22,23)/t18-/m0/s1. The van der Waals surface area contributed by atoms with Crippen molar-refractivity contribution in [2.24, 2.45) is 0 Å². The van der Waals surface area contributed by atoms with Crippen LogP contribution in [0, 0.1) is 0 Å². The van der Waals surface area contributed by atoms with Crippen LogP contribution in [0.3, 0.4) is 0 Å². The van der Waals surface area contributed by atoms with Gasteiger partial charge in [0.25, 0.3) is 5.91 Å². The molecule has 134 valence electrons. The van der Waals surface area contributed by atoms with Crippen LogP contribution in [-0.2, 0) is 11.3 Å². The summed E-state index contributed by atoms with van der Waals surface area (Å²) >= 11 is 6.09. The van der Waals surface area contributed by atoms with Gasteiger partial charge < -0.3 is 14.8 Å². The van der Waals surface area contributed by atoms with Crippen molar-refractivity contribution in [2.45, 2.75) is 45.9 Å². The molecule has 0 fully saturated rings. The van der Waals surface area contributed by atoms with E-state index in [0.29, 0.717) is 23.7 Å². The summed E-state index contributed by atoms with van der Waals surface area (Å²) in [6.07, 6.45) is 0.0708. The number of rotatable bonds is 8. The molecule has 25 heavy (non-hydrogen) atoms. The first-order valence-corrected chi connectivity index (χ1v) is 8.82. The number of ether oxygens (including phenoxy) is 2. The summed E-state index contributed by atoms with van der Waals surface area (Å²) in [7, 11) is 0. The zero-order valence-corrected chi connectivity index (χ0v) is 15.5. The molecule has 1 amide bonds. The largest absolute Gasteiger partial charge is 0.491 e. The van der Waals surface area contributed by atoms with Crippen molar-refractivity contribution in [3.63, 3.8) is 0 Å². The Morgan fingerprint density at radius 3 is 2.56 bits per heavy atom. The van der Waals surface area contributed by atoms with Crippen molar-refractivity contribution in [3.8, 4) is 11.5 Å². The predicted molar refractivity (Wildman–Crippen MR) is 100 cm³/mol. The normalized spacial score (nSPS) is 11.9. The van der Waals surface area contributed by atoms with E-state index in [4.69, 9.17) is 21.1 Å². The third kappa shape index (κ3) is 5.98. The molecule has 1 N–H and O–H groups in total. The summed E-state index contributed by atoms with van der Waals surface area (Å²) in [6, 6.07) is 14.8. The monoisotopic (exact) mass is 361 g/mol. The van der Waals surface area contributed by atoms with Gasteiger partial charge in [0, 0.05) is 6.54 Å². The average Bonchev–Trinajstić information content (AvgIpc) is 2.59. The predicted octanol–water partition coefficient (Wildman–Crippen LogP) is 4.60. The van der Waals surface area contributed by atoms with Crippen LogP contribution in [0.4, 0.5) is 0 Å². The number of halogens is 1. The highest BCUT2D eigenvalue weighted by molar-refractivity contribution is 6.32. The Bertz CT molecular complexity index is 703. The highest BCUT2D eigenvalue weighted by Crippen LogP contribution is 2.25. The second-order valence-electron chi connectivity index (χ2n) is 5.98. The minimum atomic E-state index is -0.588. The molecule has 2 aromatic rings. The van der Waals surface area contributed by atoms with Crippen LogP contribution in [0.15, 0.2) is 48.5 Å². The van der Waals surface area contributed by atoms with E-state index in [1.807, 2.05) is 57.2 Å². The van der Waals surface area contributed by atoms with Crippen molar-refractivity contribution < 1.29 is 14.3 Å². The third-order valence-electron chi connectivity index (χ3n) is 3.51. The van der Waals surface area contributed by atoms with E-state index in [9.17, 15) is 4.79 Å². The SMILES string of the molecule is CC[C@H](Oc1ccccc1Cl)C(=O)NCc1cccc(OC(C)C)c1. The molecule has 0 aliphatic rings. The number of hydrogen-bond acceptors (Lipinski definition) is 3. The first kappa shape index (κ1) is 19.1. The van der Waals surface area contributed by atoms with Crippen molar-refractivity contribution in [1.82, 2.24) is 5.32 Å². The maximum Gasteiger partial charge on any atom is 0.261 e. The molecule has 0 aromatic heterocycles. The molecule has 0 radical (unpaired) electrons. The highest BCUT2D eigenvalue weighted by Gasteiger charge is 2.19. The van der Waals surface area contributed by atoms with Crippen LogP contribution >= 0.6 is 11.6 Å². The molecule has 0 saturated heterocycles. The number of nitrogens with one attached hydrogen (secondary N) is 1. The maximum absolute atomic E-state index is 12.4. The van der Waals surface area contributed by atoms with Gasteiger partial charge in [0.05, 0.1) is 11.1 Å². The summed E-state index contributed by atoms with van der Waals surface area (Å²) in [5.74, 6) is 1.14. The molecule has 0 saturated carbocycles. The molecule has 2 rings (SSSR count). The van der Waals surface area contributed by atoms with E-state index in [1.165, 1.54) is 0 Å². The fourth-order valence-corrected chi connectivity index (χ4v) is 2.50. The quantitative estimate of drug-likeness (QED) is 0.747. The summed E-state index contributed by atoms with van der Waals surface area (Å²) in [5, 5.41) is 3.40. The first-order chi connectivity index (χ1) is 12.0. The van der Waals surface area contributed by atoms with Gasteiger partial charge in [0.15, 0.2) is 6.10 Å². The molecule has 1 atom stereocenters. The van der Waals surface area contributed by atoms with Crippen LogP contribution in [0.5, 0.6) is 11.5 Å². The number of amides is 1. The second-order valence-corrected chi connectivity index (χ2v) is 6.38. The molecule has 4 nitrogen and oxygen atoms in total. The highest BCUT2D eigenvalue weighted by atomic mass is 35.5. The average molecular weight is 362 g/mol. The van der Waals surface area contributed by atoms with Crippen LogP contribution in [-0.4, -0.2) is 18.1 Å². The summed E-state index contributed by atoms with van der Waals surface area (Å²) in [5.41, 5.74) is 0.971. The Kier molecular flexibility index (Phi) is 7.14. The van der Waals surface area contributed by atoms with Crippen molar-refractivity contribution in [3.05, 3.63) is 59.1 Å². The lowest BCUT2D eigenvalue weighted by molar-refractivity contribution is -0.128. The maximum atomic E-state index is 12.4. The van der Waals surface area contributed by atoms with E-state index >= 15 is 0 Å². The third-order valence-corrected chi connectivity index (χ3v) is 3.82. The Labute approximate surface area is 154 Å². The molecule has 0 spiro atoms. The van der Waals surface area contributed by atoms with E-state index in [2.05, 4.69) is 5.32 Å². The van der Waals surface area contributed by atoms with Gasteiger partial charge in [0.1, 0.15) is 11.5 Å². The number of hydrogen-bond donors (Lipinski definition) is 1. The minimum Gasteiger partial charge on any atom is -0.491 e. The van der Waals surface area contributed by atoms with Gasteiger partial charge in [-0.1, -0.05) is 42.8 Å². The van der Waals surface area contributed by atoms with Gasteiger partial charge >= 0.3 is 0 Å². The molecular formula is C20H24ClNO3. The first-order valence-electron chi connectivity index (χ1n) is 8.44. The molecule has 0 aliphatic carbocycles. The Hall–Kier alpha value is -2.20. The van der Waals surface area contributed by atoms with Gasteiger partial charge in [-0.05, 0) is 50.1 Å². The van der Waals surface area contributed by atoms with Crippen LogP contribution in [0.2, 0.25) is 5.02 Å². The lowest BCUT2D eigenvalue weighted by atomic mass is 10.2. The number of benzene rings is 2. The topological polar surface area (TPSA) is 47.6 Å². The van der Waals surface area contributed by atoms with Gasteiger partial charge in [0.2, 0.25) is 0 Å². The Morgan fingerprint density at radius 1 is 1.12 bits per heavy atom. The van der Waals surface area contributed by atoms with E-state index < -0.39 is 6.10 Å². The summed E-state index contributed by atoms with van der Waals surface area (Å²) < 4.78 is 11.4. The zero-order chi connectivity index (χ0) is 18.2. The van der Waals surface area contributed by atoms with Crippen LogP contribution < -0.4 is 14.8 Å².